The minimum Gasteiger partial charge on any atom is -0.415 e. The molecule has 0 aliphatic carbocycles. The fraction of sp³-hybridized carbons (Fsp3) is 0.222. The van der Waals surface area contributed by atoms with Crippen molar-refractivity contribution in [1.82, 2.24) is 30.5 Å². The molecule has 1 atom stereocenters. The van der Waals surface area contributed by atoms with Crippen LogP contribution in [0.2, 0.25) is 0 Å². The third kappa shape index (κ3) is 4.82. The number of hydrazone groups is 1. The third-order valence-corrected chi connectivity index (χ3v) is 3.92. The van der Waals surface area contributed by atoms with E-state index in [1.807, 2.05) is 0 Å². The van der Waals surface area contributed by atoms with E-state index in [0.717, 1.165) is 5.56 Å². The first-order valence-electron chi connectivity index (χ1n) is 8.46. The Hall–Kier alpha value is -3.60. The van der Waals surface area contributed by atoms with Crippen LogP contribution in [0, 0.1) is 0 Å². The molecule has 1 N–H and O–H groups in total. The first-order chi connectivity index (χ1) is 14.0. The summed E-state index contributed by atoms with van der Waals surface area (Å²) in [6, 6.07) is 6.08. The Balaban J connectivity index is 1.67. The van der Waals surface area contributed by atoms with Gasteiger partial charge in [-0.15, -0.1) is 10.2 Å². The Labute approximate surface area is 164 Å². The van der Waals surface area contributed by atoms with Gasteiger partial charge < -0.3 is 9.73 Å². The minimum atomic E-state index is -2.84. The topological polar surface area (TPSA) is 109 Å². The first kappa shape index (κ1) is 20.1. The van der Waals surface area contributed by atoms with E-state index in [4.69, 9.17) is 4.42 Å². The van der Waals surface area contributed by atoms with Gasteiger partial charge in [0.1, 0.15) is 6.04 Å². The summed E-state index contributed by atoms with van der Waals surface area (Å²) < 4.78 is 29.9. The van der Waals surface area contributed by atoms with E-state index in [9.17, 15) is 13.6 Å². The zero-order chi connectivity index (χ0) is 20.8. The highest BCUT2D eigenvalue weighted by Gasteiger charge is 2.22. The molecule has 0 aromatic carbocycles. The molecule has 9 nitrogen and oxygen atoms in total. The van der Waals surface area contributed by atoms with Crippen molar-refractivity contribution in [1.29, 1.82) is 0 Å². The fourth-order valence-corrected chi connectivity index (χ4v) is 2.43. The van der Waals surface area contributed by atoms with Crippen molar-refractivity contribution in [2.75, 3.05) is 14.1 Å². The van der Waals surface area contributed by atoms with Gasteiger partial charge in [0.25, 0.3) is 11.8 Å². The van der Waals surface area contributed by atoms with E-state index in [-0.39, 0.29) is 11.8 Å². The zero-order valence-corrected chi connectivity index (χ0v) is 15.5. The average molecular weight is 401 g/mol. The first-order valence-corrected chi connectivity index (χ1v) is 8.46. The number of alkyl halides is 2. The molecule has 3 rings (SSSR count). The average Bonchev–Trinajstić information content (AvgIpc) is 3.24. The largest absolute Gasteiger partial charge is 0.415 e. The molecule has 3 aromatic heterocycles. The zero-order valence-electron chi connectivity index (χ0n) is 15.5. The number of hydrogen-bond donors (Lipinski definition) is 1. The maximum absolute atomic E-state index is 12.6. The number of nitrogens with zero attached hydrogens (tertiary/aromatic N) is 6. The lowest BCUT2D eigenvalue weighted by atomic mass is 10.1. The van der Waals surface area contributed by atoms with Gasteiger partial charge in [-0.3, -0.25) is 14.8 Å². The van der Waals surface area contributed by atoms with Gasteiger partial charge >= 0.3 is 6.43 Å². The van der Waals surface area contributed by atoms with Gasteiger partial charge in [-0.25, -0.2) is 5.01 Å². The molecular weight excluding hydrogens is 384 g/mol. The summed E-state index contributed by atoms with van der Waals surface area (Å²) in [5.74, 6) is -1.08. The van der Waals surface area contributed by atoms with Crippen molar-refractivity contribution < 1.29 is 18.0 Å². The molecule has 1 unspecified atom stereocenters. The van der Waals surface area contributed by atoms with Crippen LogP contribution < -0.4 is 5.32 Å². The molecule has 150 valence electrons. The molecule has 0 aliphatic heterocycles. The number of pyridine rings is 2. The fourth-order valence-electron chi connectivity index (χ4n) is 2.43. The number of carbonyl (C=O) groups is 1. The lowest BCUT2D eigenvalue weighted by Crippen LogP contribution is -2.34. The Morgan fingerprint density at radius 2 is 2.00 bits per heavy atom. The van der Waals surface area contributed by atoms with Gasteiger partial charge in [0.2, 0.25) is 5.89 Å². The molecule has 3 heterocycles. The summed E-state index contributed by atoms with van der Waals surface area (Å²) in [5, 5.41) is 15.1. The monoisotopic (exact) mass is 401 g/mol. The quantitative estimate of drug-likeness (QED) is 0.477. The number of carbonyl (C=O) groups excluding carboxylic acids is 1. The van der Waals surface area contributed by atoms with Gasteiger partial charge in [0.05, 0.1) is 17.5 Å². The second-order valence-electron chi connectivity index (χ2n) is 5.83. The normalized spacial score (nSPS) is 12.4. The van der Waals surface area contributed by atoms with E-state index in [0.29, 0.717) is 11.3 Å². The number of rotatable bonds is 7. The molecule has 29 heavy (non-hydrogen) atoms. The SMILES string of the molecule is CNC(C(=O)N(C)/N=C/c1ccc(-c2nnc(C(F)F)o2)cn1)c1ccncc1. The molecule has 0 spiro atoms. The van der Waals surface area contributed by atoms with Gasteiger partial charge in [0.15, 0.2) is 0 Å². The highest BCUT2D eigenvalue weighted by molar-refractivity contribution is 5.85. The highest BCUT2D eigenvalue weighted by atomic mass is 19.3. The van der Waals surface area contributed by atoms with Crippen LogP contribution in [0.15, 0.2) is 52.4 Å². The summed E-state index contributed by atoms with van der Waals surface area (Å²) in [6.07, 6.45) is 3.17. The predicted octanol–water partition coefficient (Wildman–Crippen LogP) is 2.22. The molecule has 3 aromatic rings. The summed E-state index contributed by atoms with van der Waals surface area (Å²) in [4.78, 5) is 20.7. The molecule has 0 aliphatic rings. The van der Waals surface area contributed by atoms with Gasteiger partial charge in [0, 0.05) is 25.6 Å². The second kappa shape index (κ2) is 9.06. The third-order valence-electron chi connectivity index (χ3n) is 3.92. The van der Waals surface area contributed by atoms with E-state index >= 15 is 0 Å². The number of likely N-dealkylation sites (N-methyl/N-ethyl adjacent to an activating group) is 2. The Kier molecular flexibility index (Phi) is 6.29. The standard InChI is InChI=1S/C18H17F2N7O2/c1-21-14(11-5-7-22-8-6-11)18(28)27(2)24-10-13-4-3-12(9-23-13)16-25-26-17(29-16)15(19)20/h3-10,14-15,21H,1-2H3/b24-10+. The Morgan fingerprint density at radius 1 is 1.24 bits per heavy atom. The number of amides is 1. The lowest BCUT2D eigenvalue weighted by Gasteiger charge is -2.19. The maximum atomic E-state index is 12.6. The van der Waals surface area contributed by atoms with Crippen LogP contribution in [0.25, 0.3) is 11.5 Å². The van der Waals surface area contributed by atoms with Gasteiger partial charge in [-0.1, -0.05) is 0 Å². The van der Waals surface area contributed by atoms with Crippen molar-refractivity contribution in [3.05, 3.63) is 60.0 Å². The summed E-state index contributed by atoms with van der Waals surface area (Å²) in [5.41, 5.74) is 1.60. The van der Waals surface area contributed by atoms with Gasteiger partial charge in [-0.05, 0) is 36.9 Å². The van der Waals surface area contributed by atoms with Crippen LogP contribution in [0.5, 0.6) is 0 Å². The van der Waals surface area contributed by atoms with Crippen molar-refractivity contribution in [2.45, 2.75) is 12.5 Å². The molecule has 11 heteroatoms. The second-order valence-corrected chi connectivity index (χ2v) is 5.83. The van der Waals surface area contributed by atoms with Crippen LogP contribution >= 0.6 is 0 Å². The molecule has 0 fully saturated rings. The van der Waals surface area contributed by atoms with Crippen LogP contribution in [0.3, 0.4) is 0 Å². The minimum absolute atomic E-state index is 0.0576. The molecule has 0 radical (unpaired) electrons. The van der Waals surface area contributed by atoms with Crippen molar-refractivity contribution in [3.8, 4) is 11.5 Å². The van der Waals surface area contributed by atoms with Gasteiger partial charge in [-0.2, -0.15) is 13.9 Å². The Morgan fingerprint density at radius 3 is 2.59 bits per heavy atom. The van der Waals surface area contributed by atoms with E-state index in [1.54, 1.807) is 43.7 Å². The van der Waals surface area contributed by atoms with Crippen molar-refractivity contribution in [2.24, 2.45) is 5.10 Å². The molecule has 0 saturated carbocycles. The van der Waals surface area contributed by atoms with Crippen LogP contribution in [-0.2, 0) is 4.79 Å². The molecular formula is C18H17F2N7O2. The molecule has 0 saturated heterocycles. The van der Waals surface area contributed by atoms with E-state index in [1.165, 1.54) is 24.5 Å². The number of aromatic nitrogens is 4. The summed E-state index contributed by atoms with van der Waals surface area (Å²) in [6.45, 7) is 0. The Bertz CT molecular complexity index is 977. The molecule has 1 amide bonds. The van der Waals surface area contributed by atoms with Crippen LogP contribution in [-0.4, -0.2) is 51.4 Å². The molecule has 0 bridgehead atoms. The maximum Gasteiger partial charge on any atom is 0.314 e. The van der Waals surface area contributed by atoms with E-state index in [2.05, 4.69) is 30.6 Å². The number of nitrogens with one attached hydrogen (secondary N) is 1. The van der Waals surface area contributed by atoms with Crippen LogP contribution in [0.1, 0.15) is 29.6 Å². The van der Waals surface area contributed by atoms with E-state index < -0.39 is 18.4 Å². The van der Waals surface area contributed by atoms with Crippen molar-refractivity contribution in [3.63, 3.8) is 0 Å². The highest BCUT2D eigenvalue weighted by Crippen LogP contribution is 2.22. The van der Waals surface area contributed by atoms with Crippen molar-refractivity contribution >= 4 is 12.1 Å². The smallest absolute Gasteiger partial charge is 0.314 e. The lowest BCUT2D eigenvalue weighted by molar-refractivity contribution is -0.132. The number of halogens is 2. The summed E-state index contributed by atoms with van der Waals surface area (Å²) >= 11 is 0. The van der Waals surface area contributed by atoms with Crippen LogP contribution in [0.4, 0.5) is 8.78 Å². The summed E-state index contributed by atoms with van der Waals surface area (Å²) in [7, 11) is 3.21. The number of hydrogen-bond acceptors (Lipinski definition) is 8. The predicted molar refractivity (Wildman–Crippen MR) is 98.9 cm³/mol.